The number of benzene rings is 1. The molecule has 3 nitrogen and oxygen atoms in total. The minimum atomic E-state index is 0.0734. The summed E-state index contributed by atoms with van der Waals surface area (Å²) < 4.78 is 0.861. The maximum atomic E-state index is 12.4. The lowest BCUT2D eigenvalue weighted by Crippen LogP contribution is -2.49. The molecule has 0 radical (unpaired) electrons. The molecule has 2 unspecified atom stereocenters. The van der Waals surface area contributed by atoms with Crippen LogP contribution in [0.2, 0.25) is 0 Å². The molecule has 2 atom stereocenters. The summed E-state index contributed by atoms with van der Waals surface area (Å²) in [6, 6.07) is 5.90. The van der Waals surface area contributed by atoms with Crippen molar-refractivity contribution in [3.8, 4) is 0 Å². The molecule has 0 saturated carbocycles. The van der Waals surface area contributed by atoms with Crippen molar-refractivity contribution in [1.29, 1.82) is 0 Å². The maximum absolute atomic E-state index is 12.4. The second kappa shape index (κ2) is 5.41. The molecule has 1 aromatic rings. The van der Waals surface area contributed by atoms with Gasteiger partial charge in [0.1, 0.15) is 0 Å². The van der Waals surface area contributed by atoms with E-state index in [2.05, 4.69) is 22.9 Å². The molecule has 1 saturated heterocycles. The highest BCUT2D eigenvalue weighted by Crippen LogP contribution is 2.23. The van der Waals surface area contributed by atoms with Gasteiger partial charge in [0.05, 0.1) is 5.56 Å². The molecule has 0 aromatic heterocycles. The molecule has 98 valence electrons. The SMILES string of the molecule is Cc1ccc(C(=O)N2CCC(C)C(N)C2)c(Br)c1. The molecular weight excluding hydrogens is 292 g/mol. The molecule has 18 heavy (non-hydrogen) atoms. The van der Waals surface area contributed by atoms with Crippen LogP contribution in [0.15, 0.2) is 22.7 Å². The third kappa shape index (κ3) is 2.75. The number of likely N-dealkylation sites (tertiary alicyclic amines) is 1. The van der Waals surface area contributed by atoms with Gasteiger partial charge < -0.3 is 10.6 Å². The first-order valence-electron chi connectivity index (χ1n) is 6.30. The van der Waals surface area contributed by atoms with Crippen molar-refractivity contribution in [2.75, 3.05) is 13.1 Å². The maximum Gasteiger partial charge on any atom is 0.255 e. The summed E-state index contributed by atoms with van der Waals surface area (Å²) in [5.74, 6) is 0.569. The van der Waals surface area contributed by atoms with Gasteiger partial charge in [-0.2, -0.15) is 0 Å². The summed E-state index contributed by atoms with van der Waals surface area (Å²) in [6.45, 7) is 5.61. The van der Waals surface area contributed by atoms with Crippen molar-refractivity contribution in [2.24, 2.45) is 11.7 Å². The average molecular weight is 311 g/mol. The van der Waals surface area contributed by atoms with E-state index in [-0.39, 0.29) is 11.9 Å². The number of hydrogen-bond acceptors (Lipinski definition) is 2. The average Bonchev–Trinajstić information content (AvgIpc) is 2.32. The number of carbonyl (C=O) groups excluding carboxylic acids is 1. The van der Waals surface area contributed by atoms with Crippen LogP contribution in [0.25, 0.3) is 0 Å². The van der Waals surface area contributed by atoms with E-state index in [1.165, 1.54) is 0 Å². The normalized spacial score (nSPS) is 24.1. The summed E-state index contributed by atoms with van der Waals surface area (Å²) in [7, 11) is 0. The minimum Gasteiger partial charge on any atom is -0.337 e. The van der Waals surface area contributed by atoms with Gasteiger partial charge in [-0.1, -0.05) is 13.0 Å². The van der Waals surface area contributed by atoms with Gasteiger partial charge in [0.2, 0.25) is 0 Å². The number of hydrogen-bond donors (Lipinski definition) is 1. The van der Waals surface area contributed by atoms with E-state index in [1.807, 2.05) is 30.0 Å². The first-order valence-corrected chi connectivity index (χ1v) is 7.09. The molecule has 1 aromatic carbocycles. The van der Waals surface area contributed by atoms with E-state index in [1.54, 1.807) is 0 Å². The molecular formula is C14H19BrN2O. The fraction of sp³-hybridized carbons (Fsp3) is 0.500. The predicted octanol–water partition coefficient (Wildman–Crippen LogP) is 2.57. The van der Waals surface area contributed by atoms with Crippen molar-refractivity contribution < 1.29 is 4.79 Å². The first-order chi connectivity index (χ1) is 8.49. The zero-order chi connectivity index (χ0) is 13.3. The molecule has 1 aliphatic rings. The van der Waals surface area contributed by atoms with Crippen LogP contribution in [-0.2, 0) is 0 Å². The predicted molar refractivity (Wildman–Crippen MR) is 76.5 cm³/mol. The minimum absolute atomic E-state index is 0.0734. The molecule has 1 heterocycles. The number of nitrogens with two attached hydrogens (primary N) is 1. The number of nitrogens with zero attached hydrogens (tertiary/aromatic N) is 1. The van der Waals surface area contributed by atoms with Crippen LogP contribution in [-0.4, -0.2) is 29.9 Å². The molecule has 4 heteroatoms. The van der Waals surface area contributed by atoms with Crippen molar-refractivity contribution in [3.63, 3.8) is 0 Å². The lowest BCUT2D eigenvalue weighted by atomic mass is 9.94. The van der Waals surface area contributed by atoms with Crippen LogP contribution in [0.5, 0.6) is 0 Å². The summed E-state index contributed by atoms with van der Waals surface area (Å²) in [5, 5.41) is 0. The second-order valence-corrected chi connectivity index (χ2v) is 6.02. The fourth-order valence-corrected chi connectivity index (χ4v) is 2.91. The van der Waals surface area contributed by atoms with E-state index in [0.29, 0.717) is 12.5 Å². The number of amides is 1. The summed E-state index contributed by atoms with van der Waals surface area (Å²) in [4.78, 5) is 14.3. The summed E-state index contributed by atoms with van der Waals surface area (Å²) in [6.07, 6.45) is 0.983. The molecule has 0 aliphatic carbocycles. The van der Waals surface area contributed by atoms with Crippen LogP contribution >= 0.6 is 15.9 Å². The molecule has 1 fully saturated rings. The summed E-state index contributed by atoms with van der Waals surface area (Å²) in [5.41, 5.74) is 7.91. The molecule has 1 aliphatic heterocycles. The van der Waals surface area contributed by atoms with Crippen molar-refractivity contribution in [2.45, 2.75) is 26.3 Å². The molecule has 1 amide bonds. The zero-order valence-electron chi connectivity index (χ0n) is 10.8. The van der Waals surface area contributed by atoms with Crippen LogP contribution in [0.1, 0.15) is 29.3 Å². The number of carbonyl (C=O) groups is 1. The Morgan fingerprint density at radius 3 is 2.83 bits per heavy atom. The van der Waals surface area contributed by atoms with Gasteiger partial charge in [-0.25, -0.2) is 0 Å². The Balaban J connectivity index is 2.16. The molecule has 2 N–H and O–H groups in total. The molecule has 2 rings (SSSR count). The fourth-order valence-electron chi connectivity index (χ4n) is 2.25. The zero-order valence-corrected chi connectivity index (χ0v) is 12.4. The Kier molecular flexibility index (Phi) is 4.07. The van der Waals surface area contributed by atoms with Crippen LogP contribution in [0.4, 0.5) is 0 Å². The highest BCUT2D eigenvalue weighted by molar-refractivity contribution is 9.10. The van der Waals surface area contributed by atoms with Gasteiger partial charge in [-0.05, 0) is 52.9 Å². The highest BCUT2D eigenvalue weighted by Gasteiger charge is 2.27. The Hall–Kier alpha value is -0.870. The molecule has 0 bridgehead atoms. The van der Waals surface area contributed by atoms with Crippen LogP contribution in [0.3, 0.4) is 0 Å². The van der Waals surface area contributed by atoms with E-state index in [4.69, 9.17) is 5.73 Å². The number of piperidine rings is 1. The van der Waals surface area contributed by atoms with E-state index < -0.39 is 0 Å². The third-order valence-corrected chi connectivity index (χ3v) is 4.31. The van der Waals surface area contributed by atoms with Gasteiger partial charge in [0, 0.05) is 23.6 Å². The number of aryl methyl sites for hydroxylation is 1. The topological polar surface area (TPSA) is 46.3 Å². The van der Waals surface area contributed by atoms with Crippen molar-refractivity contribution in [3.05, 3.63) is 33.8 Å². The van der Waals surface area contributed by atoms with Crippen LogP contribution in [0, 0.1) is 12.8 Å². The smallest absolute Gasteiger partial charge is 0.255 e. The van der Waals surface area contributed by atoms with Gasteiger partial charge in [0.25, 0.3) is 5.91 Å². The van der Waals surface area contributed by atoms with Gasteiger partial charge in [-0.3, -0.25) is 4.79 Å². The van der Waals surface area contributed by atoms with Gasteiger partial charge >= 0.3 is 0 Å². The Morgan fingerprint density at radius 1 is 1.50 bits per heavy atom. The van der Waals surface area contributed by atoms with Crippen molar-refractivity contribution >= 4 is 21.8 Å². The molecule has 0 spiro atoms. The number of halogens is 1. The lowest BCUT2D eigenvalue weighted by molar-refractivity contribution is 0.0671. The Morgan fingerprint density at radius 2 is 2.22 bits per heavy atom. The van der Waals surface area contributed by atoms with E-state index in [0.717, 1.165) is 28.6 Å². The number of rotatable bonds is 1. The quantitative estimate of drug-likeness (QED) is 0.866. The Labute approximate surface area is 116 Å². The largest absolute Gasteiger partial charge is 0.337 e. The van der Waals surface area contributed by atoms with Gasteiger partial charge in [0.15, 0.2) is 0 Å². The standard InChI is InChI=1S/C14H19BrN2O/c1-9-3-4-11(12(15)7-9)14(18)17-6-5-10(2)13(16)8-17/h3-4,7,10,13H,5-6,8,16H2,1-2H3. The van der Waals surface area contributed by atoms with Crippen LogP contribution < -0.4 is 5.73 Å². The van der Waals surface area contributed by atoms with E-state index in [9.17, 15) is 4.79 Å². The Bertz CT molecular complexity index is 461. The summed E-state index contributed by atoms with van der Waals surface area (Å²) >= 11 is 3.46. The van der Waals surface area contributed by atoms with Crippen molar-refractivity contribution in [1.82, 2.24) is 4.90 Å². The lowest BCUT2D eigenvalue weighted by Gasteiger charge is -2.35. The third-order valence-electron chi connectivity index (χ3n) is 3.66. The second-order valence-electron chi connectivity index (χ2n) is 5.16. The van der Waals surface area contributed by atoms with Gasteiger partial charge in [-0.15, -0.1) is 0 Å². The van der Waals surface area contributed by atoms with E-state index >= 15 is 0 Å². The first kappa shape index (κ1) is 13.6. The highest BCUT2D eigenvalue weighted by atomic mass is 79.9. The monoisotopic (exact) mass is 310 g/mol.